The van der Waals surface area contributed by atoms with Gasteiger partial charge in [0.2, 0.25) is 0 Å². The number of benzene rings is 1. The van der Waals surface area contributed by atoms with E-state index in [4.69, 9.17) is 21.1 Å². The molecule has 0 aliphatic carbocycles. The monoisotopic (exact) mass is 256 g/mol. The van der Waals surface area contributed by atoms with E-state index in [-0.39, 0.29) is 11.9 Å². The quantitative estimate of drug-likeness (QED) is 0.579. The van der Waals surface area contributed by atoms with Crippen molar-refractivity contribution in [1.29, 1.82) is 0 Å². The van der Waals surface area contributed by atoms with Crippen LogP contribution in [0, 0.1) is 0 Å². The molecule has 1 rings (SSSR count). The molecule has 0 radical (unpaired) electrons. The van der Waals surface area contributed by atoms with Crippen LogP contribution in [-0.4, -0.2) is 24.9 Å². The molecule has 0 N–H and O–H groups in total. The van der Waals surface area contributed by atoms with Crippen LogP contribution in [-0.2, 0) is 0 Å². The summed E-state index contributed by atoms with van der Waals surface area (Å²) < 4.78 is 10.7. The third kappa shape index (κ3) is 3.93. The van der Waals surface area contributed by atoms with Crippen molar-refractivity contribution in [3.63, 3.8) is 0 Å². The molecule has 0 heterocycles. The first kappa shape index (κ1) is 13.8. The summed E-state index contributed by atoms with van der Waals surface area (Å²) in [5.74, 6) is 1.48. The second-order valence-corrected chi connectivity index (χ2v) is 4.27. The first-order chi connectivity index (χ1) is 8.08. The van der Waals surface area contributed by atoms with Gasteiger partial charge in [0.15, 0.2) is 5.78 Å². The highest BCUT2D eigenvalue weighted by molar-refractivity contribution is 6.19. The Morgan fingerprint density at radius 1 is 1.41 bits per heavy atom. The van der Waals surface area contributed by atoms with Crippen molar-refractivity contribution in [2.24, 2.45) is 0 Å². The average molecular weight is 257 g/mol. The van der Waals surface area contributed by atoms with Crippen LogP contribution in [0.2, 0.25) is 0 Å². The van der Waals surface area contributed by atoms with Crippen LogP contribution >= 0.6 is 11.6 Å². The average Bonchev–Trinajstić information content (AvgIpc) is 2.28. The van der Waals surface area contributed by atoms with Crippen molar-refractivity contribution < 1.29 is 14.3 Å². The molecule has 94 valence electrons. The predicted octanol–water partition coefficient (Wildman–Crippen LogP) is 3.29. The minimum atomic E-state index is -0.0361. The van der Waals surface area contributed by atoms with Gasteiger partial charge < -0.3 is 9.47 Å². The number of methoxy groups -OCH3 is 1. The highest BCUT2D eigenvalue weighted by Crippen LogP contribution is 2.26. The van der Waals surface area contributed by atoms with Gasteiger partial charge in [0.1, 0.15) is 11.5 Å². The number of hydrogen-bond acceptors (Lipinski definition) is 3. The van der Waals surface area contributed by atoms with Crippen molar-refractivity contribution in [3.8, 4) is 11.5 Å². The van der Waals surface area contributed by atoms with E-state index in [2.05, 4.69) is 0 Å². The number of ketones is 1. The van der Waals surface area contributed by atoms with Crippen LogP contribution in [0.5, 0.6) is 11.5 Å². The van der Waals surface area contributed by atoms with E-state index in [0.717, 1.165) is 0 Å². The van der Waals surface area contributed by atoms with Gasteiger partial charge in [-0.15, -0.1) is 11.6 Å². The number of rotatable bonds is 6. The Morgan fingerprint density at radius 3 is 2.65 bits per heavy atom. The van der Waals surface area contributed by atoms with Crippen LogP contribution in [0.15, 0.2) is 18.2 Å². The highest BCUT2D eigenvalue weighted by atomic mass is 35.5. The predicted molar refractivity (Wildman–Crippen MR) is 68.4 cm³/mol. The van der Waals surface area contributed by atoms with Gasteiger partial charge in [-0.2, -0.15) is 0 Å². The maximum atomic E-state index is 11.8. The molecule has 4 heteroatoms. The van der Waals surface area contributed by atoms with E-state index >= 15 is 0 Å². The lowest BCUT2D eigenvalue weighted by atomic mass is 10.1. The van der Waals surface area contributed by atoms with Crippen LogP contribution in [0.1, 0.15) is 30.6 Å². The standard InChI is InChI=1S/C13H17ClO3/c1-9(2)17-10-4-5-13(16-3)11(8-10)12(15)6-7-14/h4-5,8-9H,6-7H2,1-3H3. The number of Topliss-reactive ketones (excluding diaryl/α,β-unsaturated/α-hetero) is 1. The maximum Gasteiger partial charge on any atom is 0.167 e. The molecule has 0 saturated carbocycles. The SMILES string of the molecule is COc1ccc(OC(C)C)cc1C(=O)CCCl. The van der Waals surface area contributed by atoms with E-state index in [1.807, 2.05) is 13.8 Å². The summed E-state index contributed by atoms with van der Waals surface area (Å²) in [5.41, 5.74) is 0.520. The molecule has 0 aromatic heterocycles. The van der Waals surface area contributed by atoms with Crippen LogP contribution in [0.25, 0.3) is 0 Å². The van der Waals surface area contributed by atoms with Crippen LogP contribution in [0.3, 0.4) is 0 Å². The van der Waals surface area contributed by atoms with Gasteiger partial charge in [0.05, 0.1) is 18.8 Å². The highest BCUT2D eigenvalue weighted by Gasteiger charge is 2.13. The molecule has 0 fully saturated rings. The number of hydrogen-bond donors (Lipinski definition) is 0. The molecule has 3 nitrogen and oxygen atoms in total. The van der Waals surface area contributed by atoms with E-state index in [9.17, 15) is 4.79 Å². The molecule has 0 aliphatic heterocycles. The first-order valence-electron chi connectivity index (χ1n) is 5.52. The minimum Gasteiger partial charge on any atom is -0.496 e. The van der Waals surface area contributed by atoms with Crippen molar-refractivity contribution in [2.45, 2.75) is 26.4 Å². The largest absolute Gasteiger partial charge is 0.496 e. The number of halogens is 1. The Kier molecular flexibility index (Phi) is 5.29. The van der Waals surface area contributed by atoms with Crippen LogP contribution < -0.4 is 9.47 Å². The second kappa shape index (κ2) is 6.50. The normalized spacial score (nSPS) is 10.4. The molecular formula is C13H17ClO3. The fourth-order valence-electron chi connectivity index (χ4n) is 1.47. The van der Waals surface area contributed by atoms with Gasteiger partial charge in [0.25, 0.3) is 0 Å². The first-order valence-corrected chi connectivity index (χ1v) is 6.05. The van der Waals surface area contributed by atoms with Gasteiger partial charge in [-0.3, -0.25) is 4.79 Å². The smallest absolute Gasteiger partial charge is 0.167 e. The lowest BCUT2D eigenvalue weighted by Gasteiger charge is -2.13. The topological polar surface area (TPSA) is 35.5 Å². The second-order valence-electron chi connectivity index (χ2n) is 3.89. The minimum absolute atomic E-state index is 0.0361. The Bertz CT molecular complexity index is 388. The number of ether oxygens (including phenoxy) is 2. The van der Waals surface area contributed by atoms with Crippen molar-refractivity contribution in [2.75, 3.05) is 13.0 Å². The molecule has 17 heavy (non-hydrogen) atoms. The Balaban J connectivity index is 3.01. The van der Waals surface area contributed by atoms with Crippen molar-refractivity contribution in [1.82, 2.24) is 0 Å². The van der Waals surface area contributed by atoms with Gasteiger partial charge in [0, 0.05) is 12.3 Å². The molecule has 1 aromatic rings. The zero-order valence-electron chi connectivity index (χ0n) is 10.3. The van der Waals surface area contributed by atoms with E-state index in [1.165, 1.54) is 7.11 Å². The summed E-state index contributed by atoms with van der Waals surface area (Å²) in [7, 11) is 1.54. The van der Waals surface area contributed by atoms with E-state index < -0.39 is 0 Å². The lowest BCUT2D eigenvalue weighted by Crippen LogP contribution is -2.08. The third-order valence-electron chi connectivity index (χ3n) is 2.16. The maximum absolute atomic E-state index is 11.8. The van der Waals surface area contributed by atoms with Crippen molar-refractivity contribution in [3.05, 3.63) is 23.8 Å². The van der Waals surface area contributed by atoms with E-state index in [1.54, 1.807) is 18.2 Å². The number of carbonyl (C=O) groups is 1. The summed E-state index contributed by atoms with van der Waals surface area (Å²) in [5, 5.41) is 0. The van der Waals surface area contributed by atoms with Gasteiger partial charge in [-0.25, -0.2) is 0 Å². The molecule has 0 bridgehead atoms. The third-order valence-corrected chi connectivity index (χ3v) is 2.35. The fraction of sp³-hybridized carbons (Fsp3) is 0.462. The molecule has 0 aliphatic rings. The summed E-state index contributed by atoms with van der Waals surface area (Å²) in [6.07, 6.45) is 0.364. The zero-order valence-corrected chi connectivity index (χ0v) is 11.1. The summed E-state index contributed by atoms with van der Waals surface area (Å²) in [6.45, 7) is 3.87. The molecule has 0 saturated heterocycles. The molecule has 0 atom stereocenters. The van der Waals surface area contributed by atoms with Crippen molar-refractivity contribution >= 4 is 17.4 Å². The van der Waals surface area contributed by atoms with E-state index in [0.29, 0.717) is 29.4 Å². The molecule has 0 unspecified atom stereocenters. The molecule has 0 amide bonds. The van der Waals surface area contributed by atoms with Crippen LogP contribution in [0.4, 0.5) is 0 Å². The molecule has 0 spiro atoms. The summed E-state index contributed by atoms with van der Waals surface area (Å²) in [4.78, 5) is 11.8. The molecule has 1 aromatic carbocycles. The number of carbonyl (C=O) groups excluding carboxylic acids is 1. The van der Waals surface area contributed by atoms with Gasteiger partial charge in [-0.05, 0) is 32.0 Å². The summed E-state index contributed by atoms with van der Waals surface area (Å²) in [6, 6.07) is 5.23. The fourth-order valence-corrected chi connectivity index (χ4v) is 1.64. The summed E-state index contributed by atoms with van der Waals surface area (Å²) >= 11 is 5.57. The van der Waals surface area contributed by atoms with Gasteiger partial charge in [-0.1, -0.05) is 0 Å². The Hall–Kier alpha value is -1.22. The van der Waals surface area contributed by atoms with Gasteiger partial charge >= 0.3 is 0 Å². The Labute approximate surface area is 107 Å². The Morgan fingerprint density at radius 2 is 2.12 bits per heavy atom. The number of alkyl halides is 1. The zero-order chi connectivity index (χ0) is 12.8. The lowest BCUT2D eigenvalue weighted by molar-refractivity contribution is 0.0985. The molecular weight excluding hydrogens is 240 g/mol.